The number of hydrogen-bond acceptors (Lipinski definition) is 8. The molecule has 4 aromatic rings. The van der Waals surface area contributed by atoms with E-state index in [0.29, 0.717) is 16.6 Å². The molecule has 0 aliphatic carbocycles. The van der Waals surface area contributed by atoms with Crippen LogP contribution in [0.3, 0.4) is 0 Å². The van der Waals surface area contributed by atoms with E-state index in [4.69, 9.17) is 5.73 Å². The summed E-state index contributed by atoms with van der Waals surface area (Å²) in [7, 11) is 5.28. The number of hydrogen-bond donors (Lipinski definition) is 2. The van der Waals surface area contributed by atoms with Crippen LogP contribution < -0.4 is 16.0 Å². The largest absolute Gasteiger partial charge is 0.368 e. The molecule has 0 saturated carbocycles. The number of benzene rings is 2. The normalized spacial score (nSPS) is 14.5. The Morgan fingerprint density at radius 2 is 1.81 bits per heavy atom. The van der Waals surface area contributed by atoms with Crippen LogP contribution in [0.1, 0.15) is 15.9 Å². The Hall–Kier alpha value is -4.71. The lowest BCUT2D eigenvalue weighted by Gasteiger charge is -2.33. The summed E-state index contributed by atoms with van der Waals surface area (Å²) in [5, 5.41) is 3.61. The Morgan fingerprint density at radius 1 is 1.05 bits per heavy atom. The molecule has 12 heteroatoms. The Bertz CT molecular complexity index is 1620. The minimum Gasteiger partial charge on any atom is -0.368 e. The summed E-state index contributed by atoms with van der Waals surface area (Å²) in [6.45, 7) is 3.39. The quantitative estimate of drug-likeness (QED) is 0.346. The van der Waals surface area contributed by atoms with Crippen LogP contribution in [0.15, 0.2) is 54.7 Å². The smallest absolute Gasteiger partial charge is 0.252 e. The zero-order valence-electron chi connectivity index (χ0n) is 23.6. The van der Waals surface area contributed by atoms with E-state index >= 15 is 0 Å². The van der Waals surface area contributed by atoms with E-state index in [9.17, 15) is 18.4 Å². The minimum absolute atomic E-state index is 0.0345. The van der Waals surface area contributed by atoms with Crippen LogP contribution in [0.2, 0.25) is 0 Å². The lowest BCUT2D eigenvalue weighted by atomic mass is 10.0. The van der Waals surface area contributed by atoms with Crippen LogP contribution in [-0.4, -0.2) is 89.9 Å². The maximum Gasteiger partial charge on any atom is 0.252 e. The van der Waals surface area contributed by atoms with Crippen molar-refractivity contribution in [1.29, 1.82) is 0 Å². The van der Waals surface area contributed by atoms with Gasteiger partial charge in [0.15, 0.2) is 11.6 Å². The van der Waals surface area contributed by atoms with Crippen molar-refractivity contribution in [2.24, 2.45) is 0 Å². The number of nitrogens with zero attached hydrogens (tertiary/aromatic N) is 6. The molecule has 1 atom stereocenters. The zero-order valence-corrected chi connectivity index (χ0v) is 23.6. The zero-order chi connectivity index (χ0) is 30.0. The average molecular weight is 575 g/mol. The van der Waals surface area contributed by atoms with Gasteiger partial charge in [0.2, 0.25) is 11.9 Å². The van der Waals surface area contributed by atoms with Crippen LogP contribution in [0.4, 0.5) is 20.5 Å². The number of carbonyl (C=O) groups is 2. The molecule has 1 aliphatic rings. The highest BCUT2D eigenvalue weighted by molar-refractivity contribution is 6.02. The molecule has 0 radical (unpaired) electrons. The van der Waals surface area contributed by atoms with Crippen molar-refractivity contribution in [2.45, 2.75) is 12.5 Å². The predicted octanol–water partition coefficient (Wildman–Crippen LogP) is 2.73. The fraction of sp³-hybridized carbons (Fsp3) is 0.300. The van der Waals surface area contributed by atoms with Gasteiger partial charge >= 0.3 is 0 Å². The summed E-state index contributed by atoms with van der Waals surface area (Å²) in [6.07, 6.45) is 1.62. The molecule has 10 nitrogen and oxygen atoms in total. The van der Waals surface area contributed by atoms with Crippen molar-refractivity contribution < 1.29 is 18.4 Å². The number of nitrogens with one attached hydrogen (secondary N) is 1. The molecular weight excluding hydrogens is 542 g/mol. The topological polar surface area (TPSA) is 121 Å². The fourth-order valence-corrected chi connectivity index (χ4v) is 4.93. The Labute approximate surface area is 242 Å². The number of likely N-dealkylation sites (N-methyl/N-ethyl adjacent to an activating group) is 2. The van der Waals surface area contributed by atoms with Gasteiger partial charge in [-0.3, -0.25) is 14.6 Å². The lowest BCUT2D eigenvalue weighted by Crippen LogP contribution is -2.47. The molecular formula is C30H32F2N8O2. The summed E-state index contributed by atoms with van der Waals surface area (Å²) in [4.78, 5) is 45.3. The summed E-state index contributed by atoms with van der Waals surface area (Å²) in [6, 6.07) is 11.3. The molecule has 5 rings (SSSR count). The average Bonchev–Trinajstić information content (AvgIpc) is 2.98. The summed E-state index contributed by atoms with van der Waals surface area (Å²) in [5.74, 6) is -1.87. The number of anilines is 2. The van der Waals surface area contributed by atoms with Crippen LogP contribution in [-0.2, 0) is 11.2 Å². The van der Waals surface area contributed by atoms with E-state index in [1.807, 2.05) is 0 Å². The van der Waals surface area contributed by atoms with Crippen molar-refractivity contribution in [3.05, 3.63) is 77.5 Å². The number of rotatable bonds is 7. The SMILES string of the molecule is CN1CCN(c2nc(N)nc3cc(C(=O)NC(Cc4ccc(-c5cccc(F)c5F)nc4)C(=O)N(C)C)ccc23)CC1. The third-order valence-electron chi connectivity index (χ3n) is 7.30. The molecule has 1 fully saturated rings. The molecule has 42 heavy (non-hydrogen) atoms. The Morgan fingerprint density at radius 3 is 2.50 bits per heavy atom. The van der Waals surface area contributed by atoms with Gasteiger partial charge in [-0.1, -0.05) is 12.1 Å². The molecule has 3 N–H and O–H groups in total. The van der Waals surface area contributed by atoms with Crippen LogP contribution in [0.25, 0.3) is 22.2 Å². The number of aromatic nitrogens is 3. The number of carbonyl (C=O) groups excluding carboxylic acids is 2. The number of fused-ring (bicyclic) bond motifs is 1. The van der Waals surface area contributed by atoms with Gasteiger partial charge in [-0.05, 0) is 49.0 Å². The fourth-order valence-electron chi connectivity index (χ4n) is 4.93. The Kier molecular flexibility index (Phi) is 8.25. The maximum absolute atomic E-state index is 14.2. The third-order valence-corrected chi connectivity index (χ3v) is 7.30. The van der Waals surface area contributed by atoms with Gasteiger partial charge in [0.1, 0.15) is 11.9 Å². The van der Waals surface area contributed by atoms with Gasteiger partial charge < -0.3 is 25.8 Å². The third kappa shape index (κ3) is 6.13. The first-order valence-electron chi connectivity index (χ1n) is 13.5. The minimum atomic E-state index is -0.983. The van der Waals surface area contributed by atoms with E-state index in [0.717, 1.165) is 43.4 Å². The van der Waals surface area contributed by atoms with Crippen molar-refractivity contribution >= 4 is 34.5 Å². The molecule has 218 valence electrons. The second-order valence-corrected chi connectivity index (χ2v) is 10.5. The highest BCUT2D eigenvalue weighted by Crippen LogP contribution is 2.27. The highest BCUT2D eigenvalue weighted by Gasteiger charge is 2.25. The second-order valence-electron chi connectivity index (χ2n) is 10.5. The number of pyridine rings is 1. The number of piperazine rings is 1. The highest BCUT2D eigenvalue weighted by atomic mass is 19.2. The van der Waals surface area contributed by atoms with Gasteiger partial charge in [0.25, 0.3) is 5.91 Å². The van der Waals surface area contributed by atoms with E-state index in [1.54, 1.807) is 44.4 Å². The van der Waals surface area contributed by atoms with Gasteiger partial charge in [-0.2, -0.15) is 4.98 Å². The second kappa shape index (κ2) is 12.0. The van der Waals surface area contributed by atoms with E-state index in [2.05, 4.69) is 37.1 Å². The van der Waals surface area contributed by atoms with Gasteiger partial charge in [0.05, 0.1) is 11.2 Å². The number of nitrogens with two attached hydrogens (primary N) is 1. The van der Waals surface area contributed by atoms with Crippen molar-refractivity contribution in [1.82, 2.24) is 30.1 Å². The van der Waals surface area contributed by atoms with Crippen molar-refractivity contribution in [3.8, 4) is 11.3 Å². The van der Waals surface area contributed by atoms with Crippen LogP contribution in [0, 0.1) is 11.6 Å². The molecule has 2 aromatic carbocycles. The molecule has 1 unspecified atom stereocenters. The molecule has 1 aliphatic heterocycles. The van der Waals surface area contributed by atoms with Crippen LogP contribution in [0.5, 0.6) is 0 Å². The van der Waals surface area contributed by atoms with Crippen molar-refractivity contribution in [3.63, 3.8) is 0 Å². The first-order valence-corrected chi connectivity index (χ1v) is 13.5. The van der Waals surface area contributed by atoms with Crippen LogP contribution >= 0.6 is 0 Å². The molecule has 2 amide bonds. The summed E-state index contributed by atoms with van der Waals surface area (Å²) >= 11 is 0. The number of halogens is 2. The maximum atomic E-state index is 14.2. The number of amides is 2. The summed E-state index contributed by atoms with van der Waals surface area (Å²) in [5.41, 5.74) is 7.80. The van der Waals surface area contributed by atoms with E-state index in [-0.39, 0.29) is 29.5 Å². The van der Waals surface area contributed by atoms with Gasteiger partial charge in [0, 0.05) is 69.4 Å². The lowest BCUT2D eigenvalue weighted by molar-refractivity contribution is -0.130. The van der Waals surface area contributed by atoms with E-state index in [1.165, 1.54) is 23.2 Å². The molecule has 0 bridgehead atoms. The van der Waals surface area contributed by atoms with E-state index < -0.39 is 23.6 Å². The van der Waals surface area contributed by atoms with Gasteiger partial charge in [-0.15, -0.1) is 0 Å². The molecule has 0 spiro atoms. The van der Waals surface area contributed by atoms with Gasteiger partial charge in [-0.25, -0.2) is 13.8 Å². The standard InChI is InChI=1S/C30H32F2N8O2/c1-38(2)29(42)25(15-18-7-10-23(34-17-18)20-5-4-6-22(31)26(20)32)35-28(41)19-8-9-21-24(16-19)36-30(33)37-27(21)40-13-11-39(3)12-14-40/h4-10,16-17,25H,11-15H2,1-3H3,(H,35,41)(H2,33,36,37). The number of nitrogen functional groups attached to an aromatic ring is 1. The Balaban J connectivity index is 1.36. The predicted molar refractivity (Wildman–Crippen MR) is 157 cm³/mol. The monoisotopic (exact) mass is 574 g/mol. The van der Waals surface area contributed by atoms with Crippen molar-refractivity contribution in [2.75, 3.05) is 58.0 Å². The molecule has 1 saturated heterocycles. The first kappa shape index (κ1) is 28.8. The molecule has 3 heterocycles. The summed E-state index contributed by atoms with van der Waals surface area (Å²) < 4.78 is 27.9. The molecule has 2 aromatic heterocycles. The first-order chi connectivity index (χ1) is 20.1.